The van der Waals surface area contributed by atoms with Crippen LogP contribution in [0.2, 0.25) is 0 Å². The monoisotopic (exact) mass is 252 g/mol. The van der Waals surface area contributed by atoms with Crippen LogP contribution in [-0.2, 0) is 0 Å². The van der Waals surface area contributed by atoms with Gasteiger partial charge in [-0.1, -0.05) is 20.3 Å². The summed E-state index contributed by atoms with van der Waals surface area (Å²) in [6.45, 7) is 10.5. The molecular formula is C14H24N2S. The minimum atomic E-state index is 0.565. The highest BCUT2D eigenvalue weighted by Gasteiger charge is 2.26. The molecule has 0 aliphatic carbocycles. The van der Waals surface area contributed by atoms with E-state index in [1.807, 2.05) is 0 Å². The zero-order chi connectivity index (χ0) is 12.3. The fourth-order valence-electron chi connectivity index (χ4n) is 2.54. The Hall–Kier alpha value is -0.380. The first-order valence-electron chi connectivity index (χ1n) is 6.72. The molecule has 17 heavy (non-hydrogen) atoms. The second-order valence-corrected chi connectivity index (χ2v) is 5.95. The molecule has 1 saturated heterocycles. The number of rotatable bonds is 4. The number of nitrogens with zero attached hydrogens (tertiary/aromatic N) is 1. The van der Waals surface area contributed by atoms with E-state index in [1.54, 1.807) is 11.3 Å². The Bertz CT molecular complexity index is 323. The van der Waals surface area contributed by atoms with Crippen molar-refractivity contribution in [1.29, 1.82) is 0 Å². The minimum Gasteiger partial charge on any atom is -0.311 e. The van der Waals surface area contributed by atoms with E-state index < -0.39 is 0 Å². The summed E-state index contributed by atoms with van der Waals surface area (Å²) >= 11 is 1.80. The second-order valence-electron chi connectivity index (χ2n) is 5.17. The molecule has 0 saturated carbocycles. The summed E-state index contributed by atoms with van der Waals surface area (Å²) in [4.78, 5) is 2.62. The molecule has 0 radical (unpaired) electrons. The van der Waals surface area contributed by atoms with Crippen molar-refractivity contribution in [3.8, 4) is 0 Å². The molecule has 3 atom stereocenters. The Kier molecular flexibility index (Phi) is 4.60. The SMILES string of the molecule is CCC(C)C1CN(C(C)c2ccsc2)CCN1. The number of nitrogens with one attached hydrogen (secondary N) is 1. The highest BCUT2D eigenvalue weighted by molar-refractivity contribution is 7.07. The van der Waals surface area contributed by atoms with Crippen molar-refractivity contribution in [3.63, 3.8) is 0 Å². The third kappa shape index (κ3) is 3.09. The lowest BCUT2D eigenvalue weighted by atomic mass is 9.96. The van der Waals surface area contributed by atoms with Crippen LogP contribution in [0.4, 0.5) is 0 Å². The fourth-order valence-corrected chi connectivity index (χ4v) is 3.29. The summed E-state index contributed by atoms with van der Waals surface area (Å²) in [6.07, 6.45) is 1.26. The van der Waals surface area contributed by atoms with E-state index in [0.717, 1.165) is 12.5 Å². The largest absolute Gasteiger partial charge is 0.311 e. The van der Waals surface area contributed by atoms with E-state index in [9.17, 15) is 0 Å². The van der Waals surface area contributed by atoms with Crippen molar-refractivity contribution in [2.24, 2.45) is 5.92 Å². The Morgan fingerprint density at radius 2 is 2.35 bits per heavy atom. The molecular weight excluding hydrogens is 228 g/mol. The van der Waals surface area contributed by atoms with Gasteiger partial charge in [0.15, 0.2) is 0 Å². The Morgan fingerprint density at radius 1 is 1.53 bits per heavy atom. The summed E-state index contributed by atoms with van der Waals surface area (Å²) in [5.74, 6) is 0.771. The van der Waals surface area contributed by atoms with Crippen LogP contribution in [0, 0.1) is 5.92 Å². The Labute approximate surface area is 109 Å². The van der Waals surface area contributed by atoms with Gasteiger partial charge in [-0.05, 0) is 35.2 Å². The fraction of sp³-hybridized carbons (Fsp3) is 0.714. The van der Waals surface area contributed by atoms with Gasteiger partial charge in [-0.25, -0.2) is 0 Å². The molecule has 3 heteroatoms. The molecule has 2 rings (SSSR count). The van der Waals surface area contributed by atoms with Crippen LogP contribution >= 0.6 is 11.3 Å². The van der Waals surface area contributed by atoms with Crippen LogP contribution in [0.15, 0.2) is 16.8 Å². The number of hydrogen-bond donors (Lipinski definition) is 1. The molecule has 0 spiro atoms. The summed E-state index contributed by atoms with van der Waals surface area (Å²) in [5.41, 5.74) is 1.47. The third-order valence-corrected chi connectivity index (χ3v) is 4.84. The van der Waals surface area contributed by atoms with Crippen molar-refractivity contribution in [2.75, 3.05) is 19.6 Å². The summed E-state index contributed by atoms with van der Waals surface area (Å²) in [7, 11) is 0. The van der Waals surface area contributed by atoms with Crippen molar-refractivity contribution >= 4 is 11.3 Å². The van der Waals surface area contributed by atoms with E-state index >= 15 is 0 Å². The van der Waals surface area contributed by atoms with Crippen LogP contribution in [0.3, 0.4) is 0 Å². The quantitative estimate of drug-likeness (QED) is 0.885. The molecule has 0 amide bonds. The average Bonchev–Trinajstić information content (AvgIpc) is 2.91. The summed E-state index contributed by atoms with van der Waals surface area (Å²) in [6, 6.07) is 3.49. The number of hydrogen-bond acceptors (Lipinski definition) is 3. The molecule has 1 aliphatic rings. The molecule has 1 aromatic rings. The van der Waals surface area contributed by atoms with E-state index in [2.05, 4.69) is 47.8 Å². The molecule has 2 heterocycles. The lowest BCUT2D eigenvalue weighted by molar-refractivity contribution is 0.130. The zero-order valence-electron chi connectivity index (χ0n) is 11.1. The van der Waals surface area contributed by atoms with Gasteiger partial charge < -0.3 is 5.32 Å². The van der Waals surface area contributed by atoms with E-state index in [-0.39, 0.29) is 0 Å². The maximum Gasteiger partial charge on any atom is 0.0329 e. The maximum atomic E-state index is 3.66. The molecule has 1 N–H and O–H groups in total. The molecule has 96 valence electrons. The van der Waals surface area contributed by atoms with Gasteiger partial charge >= 0.3 is 0 Å². The van der Waals surface area contributed by atoms with Crippen molar-refractivity contribution in [2.45, 2.75) is 39.3 Å². The van der Waals surface area contributed by atoms with E-state index in [4.69, 9.17) is 0 Å². The molecule has 2 nitrogen and oxygen atoms in total. The normalized spacial score (nSPS) is 25.7. The highest BCUT2D eigenvalue weighted by Crippen LogP contribution is 2.24. The van der Waals surface area contributed by atoms with E-state index in [1.165, 1.54) is 25.1 Å². The van der Waals surface area contributed by atoms with Gasteiger partial charge in [-0.2, -0.15) is 11.3 Å². The smallest absolute Gasteiger partial charge is 0.0329 e. The van der Waals surface area contributed by atoms with Crippen molar-refractivity contribution in [1.82, 2.24) is 10.2 Å². The molecule has 0 aromatic carbocycles. The number of thiophene rings is 1. The van der Waals surface area contributed by atoms with Crippen LogP contribution < -0.4 is 5.32 Å². The van der Waals surface area contributed by atoms with Gasteiger partial charge in [0.05, 0.1) is 0 Å². The first-order chi connectivity index (χ1) is 8.22. The van der Waals surface area contributed by atoms with Crippen molar-refractivity contribution in [3.05, 3.63) is 22.4 Å². The second kappa shape index (κ2) is 5.98. The average molecular weight is 252 g/mol. The Morgan fingerprint density at radius 3 is 3.00 bits per heavy atom. The summed E-state index contributed by atoms with van der Waals surface area (Å²) in [5, 5.41) is 8.12. The summed E-state index contributed by atoms with van der Waals surface area (Å²) < 4.78 is 0. The van der Waals surface area contributed by atoms with Crippen LogP contribution in [0.5, 0.6) is 0 Å². The van der Waals surface area contributed by atoms with Gasteiger partial charge in [-0.15, -0.1) is 0 Å². The van der Waals surface area contributed by atoms with Gasteiger partial charge in [0.2, 0.25) is 0 Å². The van der Waals surface area contributed by atoms with Gasteiger partial charge in [0.25, 0.3) is 0 Å². The molecule has 0 bridgehead atoms. The van der Waals surface area contributed by atoms with E-state index in [0.29, 0.717) is 12.1 Å². The predicted octanol–water partition coefficient (Wildman–Crippen LogP) is 3.13. The standard InChI is InChI=1S/C14H24N2S/c1-4-11(2)14-9-16(7-6-15-14)12(3)13-5-8-17-10-13/h5,8,10-12,14-15H,4,6-7,9H2,1-3H3. The third-order valence-electron chi connectivity index (χ3n) is 4.14. The first kappa shape index (κ1) is 13.1. The lowest BCUT2D eigenvalue weighted by Gasteiger charge is -2.39. The van der Waals surface area contributed by atoms with Gasteiger partial charge in [0, 0.05) is 31.7 Å². The minimum absolute atomic E-state index is 0.565. The maximum absolute atomic E-state index is 3.66. The molecule has 1 fully saturated rings. The predicted molar refractivity (Wildman–Crippen MR) is 75.6 cm³/mol. The first-order valence-corrected chi connectivity index (χ1v) is 7.66. The van der Waals surface area contributed by atoms with Crippen LogP contribution in [0.25, 0.3) is 0 Å². The lowest BCUT2D eigenvalue weighted by Crippen LogP contribution is -2.53. The molecule has 1 aromatic heterocycles. The van der Waals surface area contributed by atoms with Crippen LogP contribution in [-0.4, -0.2) is 30.6 Å². The van der Waals surface area contributed by atoms with Crippen molar-refractivity contribution < 1.29 is 0 Å². The molecule has 1 aliphatic heterocycles. The zero-order valence-corrected chi connectivity index (χ0v) is 12.0. The highest BCUT2D eigenvalue weighted by atomic mass is 32.1. The van der Waals surface area contributed by atoms with Gasteiger partial charge in [0.1, 0.15) is 0 Å². The topological polar surface area (TPSA) is 15.3 Å². The molecule has 3 unspecified atom stereocenters. The Balaban J connectivity index is 1.97. The van der Waals surface area contributed by atoms with Crippen LogP contribution in [0.1, 0.15) is 38.8 Å². The van der Waals surface area contributed by atoms with Gasteiger partial charge in [-0.3, -0.25) is 4.90 Å². The number of piperazine rings is 1.